The number of benzene rings is 1. The third-order valence-electron chi connectivity index (χ3n) is 5.07. The van der Waals surface area contributed by atoms with Gasteiger partial charge in [0.05, 0.1) is 13.0 Å². The smallest absolute Gasteiger partial charge is 0.224 e. The summed E-state index contributed by atoms with van der Waals surface area (Å²) >= 11 is 0. The van der Waals surface area contributed by atoms with E-state index in [9.17, 15) is 9.18 Å². The first kappa shape index (κ1) is 18.1. The van der Waals surface area contributed by atoms with Crippen LogP contribution in [0.25, 0.3) is 0 Å². The van der Waals surface area contributed by atoms with Gasteiger partial charge in [-0.3, -0.25) is 9.69 Å². The van der Waals surface area contributed by atoms with E-state index in [0.29, 0.717) is 6.54 Å². The second-order valence-corrected chi connectivity index (χ2v) is 6.94. The van der Waals surface area contributed by atoms with Crippen molar-refractivity contribution in [2.45, 2.75) is 38.3 Å². The molecule has 2 heterocycles. The zero-order valence-electron chi connectivity index (χ0n) is 14.8. The molecule has 1 aromatic carbocycles. The molecule has 0 aromatic heterocycles. The predicted molar refractivity (Wildman–Crippen MR) is 92.9 cm³/mol. The lowest BCUT2D eigenvalue weighted by molar-refractivity contribution is -0.128. The van der Waals surface area contributed by atoms with Crippen LogP contribution in [-0.4, -0.2) is 50.3 Å². The Morgan fingerprint density at radius 2 is 2.16 bits per heavy atom. The molecule has 1 N–H and O–H groups in total. The Bertz CT molecular complexity index is 590. The van der Waals surface area contributed by atoms with Crippen molar-refractivity contribution in [2.75, 3.05) is 33.4 Å². The van der Waals surface area contributed by atoms with Gasteiger partial charge in [-0.2, -0.15) is 0 Å². The SMILES string of the molecule is COc1ccc(CN2CCCC(C(=O)NC3CCOCC3)C2)cc1F. The number of methoxy groups -OCH3 is 1. The Morgan fingerprint density at radius 3 is 2.88 bits per heavy atom. The summed E-state index contributed by atoms with van der Waals surface area (Å²) in [4.78, 5) is 14.8. The number of hydrogen-bond donors (Lipinski definition) is 1. The van der Waals surface area contributed by atoms with Crippen molar-refractivity contribution in [1.82, 2.24) is 10.2 Å². The lowest BCUT2D eigenvalue weighted by Crippen LogP contribution is -2.47. The van der Waals surface area contributed by atoms with E-state index in [0.717, 1.165) is 57.6 Å². The van der Waals surface area contributed by atoms with Crippen LogP contribution >= 0.6 is 0 Å². The third kappa shape index (κ3) is 4.92. The fourth-order valence-corrected chi connectivity index (χ4v) is 3.64. The first-order chi connectivity index (χ1) is 12.2. The normalized spacial score (nSPS) is 22.6. The molecule has 1 unspecified atom stereocenters. The summed E-state index contributed by atoms with van der Waals surface area (Å²) in [5.41, 5.74) is 0.906. The maximum atomic E-state index is 13.9. The predicted octanol–water partition coefficient (Wildman–Crippen LogP) is 2.34. The van der Waals surface area contributed by atoms with Crippen molar-refractivity contribution in [1.29, 1.82) is 0 Å². The average molecular weight is 350 g/mol. The molecular weight excluding hydrogens is 323 g/mol. The van der Waals surface area contributed by atoms with Crippen LogP contribution in [0.5, 0.6) is 5.75 Å². The molecule has 2 aliphatic heterocycles. The summed E-state index contributed by atoms with van der Waals surface area (Å²) in [5, 5.41) is 3.18. The molecule has 0 bridgehead atoms. The monoisotopic (exact) mass is 350 g/mol. The van der Waals surface area contributed by atoms with Crippen LogP contribution in [-0.2, 0) is 16.1 Å². The lowest BCUT2D eigenvalue weighted by Gasteiger charge is -2.33. The lowest BCUT2D eigenvalue weighted by atomic mass is 9.95. The maximum absolute atomic E-state index is 13.9. The highest BCUT2D eigenvalue weighted by Gasteiger charge is 2.27. The Morgan fingerprint density at radius 1 is 1.36 bits per heavy atom. The van der Waals surface area contributed by atoms with Gasteiger partial charge in [-0.25, -0.2) is 4.39 Å². The fraction of sp³-hybridized carbons (Fsp3) is 0.632. The van der Waals surface area contributed by atoms with Gasteiger partial charge < -0.3 is 14.8 Å². The van der Waals surface area contributed by atoms with Crippen LogP contribution in [0.4, 0.5) is 4.39 Å². The number of ether oxygens (including phenoxy) is 2. The second kappa shape index (κ2) is 8.63. The summed E-state index contributed by atoms with van der Waals surface area (Å²) in [6.45, 7) is 3.77. The largest absolute Gasteiger partial charge is 0.494 e. The summed E-state index contributed by atoms with van der Waals surface area (Å²) in [6.07, 6.45) is 3.70. The number of nitrogens with zero attached hydrogens (tertiary/aromatic N) is 1. The molecule has 5 nitrogen and oxygen atoms in total. The van der Waals surface area contributed by atoms with Gasteiger partial charge in [-0.05, 0) is 49.9 Å². The Labute approximate surface area is 148 Å². The molecule has 0 radical (unpaired) electrons. The van der Waals surface area contributed by atoms with Crippen molar-refractivity contribution < 1.29 is 18.7 Å². The third-order valence-corrected chi connectivity index (χ3v) is 5.07. The molecule has 0 spiro atoms. The Balaban J connectivity index is 1.53. The minimum absolute atomic E-state index is 0.0136. The van der Waals surface area contributed by atoms with Gasteiger partial charge in [0.2, 0.25) is 5.91 Å². The molecule has 25 heavy (non-hydrogen) atoms. The van der Waals surface area contributed by atoms with Gasteiger partial charge in [0.25, 0.3) is 0 Å². The van der Waals surface area contributed by atoms with E-state index in [1.165, 1.54) is 13.2 Å². The molecule has 2 fully saturated rings. The molecule has 3 rings (SSSR count). The fourth-order valence-electron chi connectivity index (χ4n) is 3.64. The van der Waals surface area contributed by atoms with E-state index < -0.39 is 0 Å². The van der Waals surface area contributed by atoms with Gasteiger partial charge >= 0.3 is 0 Å². The van der Waals surface area contributed by atoms with Crippen molar-refractivity contribution in [3.05, 3.63) is 29.6 Å². The maximum Gasteiger partial charge on any atom is 0.224 e. The molecule has 6 heteroatoms. The minimum Gasteiger partial charge on any atom is -0.494 e. The number of halogens is 1. The van der Waals surface area contributed by atoms with Crippen LogP contribution in [0.1, 0.15) is 31.2 Å². The zero-order valence-corrected chi connectivity index (χ0v) is 14.8. The molecule has 1 aromatic rings. The second-order valence-electron chi connectivity index (χ2n) is 6.94. The van der Waals surface area contributed by atoms with Crippen molar-refractivity contribution >= 4 is 5.91 Å². The first-order valence-electron chi connectivity index (χ1n) is 9.08. The minimum atomic E-state index is -0.342. The van der Waals surface area contributed by atoms with Crippen molar-refractivity contribution in [2.24, 2.45) is 5.92 Å². The number of carbonyl (C=O) groups excluding carboxylic acids is 1. The number of rotatable bonds is 5. The summed E-state index contributed by atoms with van der Waals surface area (Å²) in [6, 6.07) is 5.30. The van der Waals surface area contributed by atoms with Gasteiger partial charge in [-0.1, -0.05) is 6.07 Å². The van der Waals surface area contributed by atoms with Crippen molar-refractivity contribution in [3.8, 4) is 5.75 Å². The van der Waals surface area contributed by atoms with Gasteiger partial charge in [0, 0.05) is 32.3 Å². The van der Waals surface area contributed by atoms with Crippen LogP contribution in [0, 0.1) is 11.7 Å². The number of carbonyl (C=O) groups is 1. The van der Waals surface area contributed by atoms with Gasteiger partial charge in [0.15, 0.2) is 11.6 Å². The Hall–Kier alpha value is -1.66. The molecule has 1 atom stereocenters. The van der Waals surface area contributed by atoms with Gasteiger partial charge in [0.1, 0.15) is 0 Å². The molecule has 2 aliphatic rings. The van der Waals surface area contributed by atoms with Gasteiger partial charge in [-0.15, -0.1) is 0 Å². The highest BCUT2D eigenvalue weighted by Crippen LogP contribution is 2.22. The van der Waals surface area contributed by atoms with Crippen molar-refractivity contribution in [3.63, 3.8) is 0 Å². The molecule has 1 amide bonds. The van der Waals surface area contributed by atoms with Crippen LogP contribution in [0.15, 0.2) is 18.2 Å². The molecule has 0 saturated carbocycles. The Kier molecular flexibility index (Phi) is 6.26. The zero-order chi connectivity index (χ0) is 17.6. The summed E-state index contributed by atoms with van der Waals surface area (Å²) in [7, 11) is 1.46. The molecule has 2 saturated heterocycles. The number of nitrogens with one attached hydrogen (secondary N) is 1. The molecule has 138 valence electrons. The topological polar surface area (TPSA) is 50.8 Å². The average Bonchev–Trinajstić information content (AvgIpc) is 2.63. The number of likely N-dealkylation sites (tertiary alicyclic amines) is 1. The first-order valence-corrected chi connectivity index (χ1v) is 9.08. The summed E-state index contributed by atoms with van der Waals surface area (Å²) in [5.74, 6) is 0.0825. The van der Waals surface area contributed by atoms with Crippen LogP contribution < -0.4 is 10.1 Å². The van der Waals surface area contributed by atoms with Crippen LogP contribution in [0.2, 0.25) is 0 Å². The highest BCUT2D eigenvalue weighted by molar-refractivity contribution is 5.79. The number of piperidine rings is 1. The van der Waals surface area contributed by atoms with E-state index in [-0.39, 0.29) is 29.4 Å². The van der Waals surface area contributed by atoms with E-state index in [4.69, 9.17) is 9.47 Å². The standard InChI is InChI=1S/C19H27FN2O3/c1-24-18-5-4-14(11-17(18)20)12-22-8-2-3-15(13-22)19(23)21-16-6-9-25-10-7-16/h4-5,11,15-16H,2-3,6-10,12-13H2,1H3,(H,21,23). The van der Waals surface area contributed by atoms with E-state index >= 15 is 0 Å². The molecular formula is C19H27FN2O3. The summed E-state index contributed by atoms with van der Waals surface area (Å²) < 4.78 is 24.1. The van der Waals surface area contributed by atoms with E-state index in [2.05, 4.69) is 10.2 Å². The number of hydrogen-bond acceptors (Lipinski definition) is 4. The quantitative estimate of drug-likeness (QED) is 0.886. The molecule has 0 aliphatic carbocycles. The van der Waals surface area contributed by atoms with E-state index in [1.54, 1.807) is 6.07 Å². The highest BCUT2D eigenvalue weighted by atomic mass is 19.1. The van der Waals surface area contributed by atoms with Crippen LogP contribution in [0.3, 0.4) is 0 Å². The number of amides is 1. The van der Waals surface area contributed by atoms with E-state index in [1.807, 2.05) is 6.07 Å².